The third kappa shape index (κ3) is 12.6. The van der Waals surface area contributed by atoms with Crippen molar-refractivity contribution in [3.63, 3.8) is 0 Å². The Balaban J connectivity index is 1.40. The zero-order valence-electron chi connectivity index (χ0n) is 34.6. The zero-order chi connectivity index (χ0) is 48.4. The van der Waals surface area contributed by atoms with Gasteiger partial charge in [-0.05, 0) is 6.92 Å². The molecule has 5 heterocycles. The minimum absolute atomic E-state index is 0.809. The third-order valence-electron chi connectivity index (χ3n) is 11.3. The number of hydrogen-bond donors (Lipinski definition) is 16. The van der Waals surface area contributed by atoms with Gasteiger partial charge in [0.1, 0.15) is 116 Å². The summed E-state index contributed by atoms with van der Waals surface area (Å²) >= 11 is 0. The first-order valence-corrected chi connectivity index (χ1v) is 21.5. The quantitative estimate of drug-likeness (QED) is 0.0639. The van der Waals surface area contributed by atoms with Crippen molar-refractivity contribution in [1.29, 1.82) is 0 Å². The molecule has 0 saturated carbocycles. The summed E-state index contributed by atoms with van der Waals surface area (Å²) in [6.45, 7) is -0.599. The highest BCUT2D eigenvalue weighted by Gasteiger charge is 2.56. The molecule has 5 aliphatic rings. The van der Waals surface area contributed by atoms with E-state index in [-0.39, 0.29) is 0 Å². The second-order valence-electron chi connectivity index (χ2n) is 16.0. The van der Waals surface area contributed by atoms with Crippen LogP contribution in [0, 0.1) is 0 Å². The third-order valence-corrected chi connectivity index (χ3v) is 11.7. The molecule has 0 aromatic carbocycles. The number of carbonyl (C=O) groups excluding carboxylic acids is 2. The first kappa shape index (κ1) is 53.9. The highest BCUT2D eigenvalue weighted by atomic mass is 32.3. The van der Waals surface area contributed by atoms with Gasteiger partial charge in [0.05, 0.1) is 32.5 Å². The van der Waals surface area contributed by atoms with E-state index < -0.39 is 202 Å². The first-order chi connectivity index (χ1) is 30.4. The van der Waals surface area contributed by atoms with Gasteiger partial charge in [0.15, 0.2) is 31.5 Å². The van der Waals surface area contributed by atoms with Crippen LogP contribution in [0.25, 0.3) is 0 Å². The monoisotopic (exact) mass is 974 g/mol. The lowest BCUT2D eigenvalue weighted by molar-refractivity contribution is -0.381. The number of ether oxygens (including phenoxy) is 9. The van der Waals surface area contributed by atoms with Crippen LogP contribution in [0.5, 0.6) is 0 Å². The number of amides is 2. The summed E-state index contributed by atoms with van der Waals surface area (Å²) in [6.07, 6.45) is -42.7. The molecule has 1 unspecified atom stereocenters. The molecule has 5 rings (SSSR count). The Labute approximate surface area is 368 Å². The number of rotatable bonds is 16. The zero-order valence-corrected chi connectivity index (χ0v) is 35.5. The van der Waals surface area contributed by atoms with Crippen LogP contribution < -0.4 is 10.6 Å². The second kappa shape index (κ2) is 22.6. The minimum atomic E-state index is -5.24. The summed E-state index contributed by atoms with van der Waals surface area (Å²) < 4.78 is 87.9. The lowest BCUT2D eigenvalue weighted by atomic mass is 9.94. The predicted molar refractivity (Wildman–Crippen MR) is 199 cm³/mol. The first-order valence-electron chi connectivity index (χ1n) is 20.1. The summed E-state index contributed by atoms with van der Waals surface area (Å²) in [5.41, 5.74) is 0. The molecule has 65 heavy (non-hydrogen) atoms. The van der Waals surface area contributed by atoms with Gasteiger partial charge in [-0.3, -0.25) is 14.1 Å². The van der Waals surface area contributed by atoms with Crippen molar-refractivity contribution in [3.8, 4) is 0 Å². The number of hydrogen-bond acceptors (Lipinski definition) is 27. The normalized spacial score (nSPS) is 47.5. The summed E-state index contributed by atoms with van der Waals surface area (Å²) in [6, 6.07) is -3.43. The molecule has 31 heteroatoms. The standard InChI is InChI=1S/C34H58N2O28S/c1-8-17(41)22(46)25(49)32(57-8)64-29-24(48)19(43)12(5-38)60-34(29)63-28-16(36-10(3)40)30(51)58-13(20(28)44)6-55-31-15(35-9(2)39)21(45)27(14(61-31)7-56-65(52,53)54)62-33-26(50)23(47)18(42)11(4-37)59-33/h8,11-34,37-38,41-51H,4-7H2,1-3H3,(H,35,39)(H,36,40)(H,52,53,54)/t8-,11+,12+,13+,14+,15+,16+,17+,18-,19-,20-,21+,22+,23-,24-,25-,26+,27+,28+,29+,30?,31+,32-,33-,34-/m0/s1. The summed E-state index contributed by atoms with van der Waals surface area (Å²) in [7, 11) is -5.24. The Morgan fingerprint density at radius 2 is 1.00 bits per heavy atom. The SMILES string of the molecule is CC(=O)N[C@H]1[C@H](OC[C@H]2OC(O)[C@H](NC(C)=O)[C@@H](O[C@@H]3O[C@H](CO)[C@H](O)[C@H](O)[C@H]3O[C@@H]3O[C@@H](C)[C@@H](O)[C@@H](O)[C@@H]3O)[C@H]2O)O[C@H](COS(=O)(=O)O)[C@@H](O[C@@H]2O[C@H](CO)[C@H](O)[C@H](O)[C@H]2O)[C@@H]1O. The molecule has 25 atom stereocenters. The van der Waals surface area contributed by atoms with Crippen molar-refractivity contribution < 1.29 is 136 Å². The molecule has 0 aliphatic carbocycles. The Morgan fingerprint density at radius 1 is 0.508 bits per heavy atom. The predicted octanol–water partition coefficient (Wildman–Crippen LogP) is -10.8. The van der Waals surface area contributed by atoms with E-state index in [4.69, 9.17) is 42.6 Å². The van der Waals surface area contributed by atoms with Crippen molar-refractivity contribution in [2.75, 3.05) is 26.4 Å². The fourth-order valence-corrected chi connectivity index (χ4v) is 8.10. The van der Waals surface area contributed by atoms with E-state index in [1.165, 1.54) is 6.92 Å². The van der Waals surface area contributed by atoms with E-state index in [0.29, 0.717) is 0 Å². The Kier molecular flexibility index (Phi) is 18.7. The molecule has 5 saturated heterocycles. The van der Waals surface area contributed by atoms with E-state index in [2.05, 4.69) is 14.8 Å². The van der Waals surface area contributed by atoms with E-state index in [9.17, 15) is 88.9 Å². The summed E-state index contributed by atoms with van der Waals surface area (Å²) in [4.78, 5) is 24.7. The lowest BCUT2D eigenvalue weighted by Crippen LogP contribution is -2.69. The van der Waals surface area contributed by atoms with E-state index in [0.717, 1.165) is 13.8 Å². The van der Waals surface area contributed by atoms with Gasteiger partial charge in [-0.25, -0.2) is 4.18 Å². The van der Waals surface area contributed by atoms with Crippen LogP contribution in [0.1, 0.15) is 20.8 Å². The molecule has 5 aliphatic heterocycles. The molecule has 2 amide bonds. The van der Waals surface area contributed by atoms with Crippen molar-refractivity contribution in [2.45, 2.75) is 174 Å². The largest absolute Gasteiger partial charge is 0.397 e. The molecule has 0 spiro atoms. The van der Waals surface area contributed by atoms with Gasteiger partial charge in [-0.15, -0.1) is 0 Å². The number of nitrogens with one attached hydrogen (secondary N) is 2. The van der Waals surface area contributed by atoms with Crippen LogP contribution in [0.3, 0.4) is 0 Å². The highest BCUT2D eigenvalue weighted by molar-refractivity contribution is 7.80. The van der Waals surface area contributed by atoms with Crippen molar-refractivity contribution in [3.05, 3.63) is 0 Å². The van der Waals surface area contributed by atoms with Crippen LogP contribution in [0.4, 0.5) is 0 Å². The van der Waals surface area contributed by atoms with E-state index in [1.54, 1.807) is 0 Å². The summed E-state index contributed by atoms with van der Waals surface area (Å²) in [5, 5.41) is 143. The maximum absolute atomic E-state index is 12.4. The molecule has 0 aromatic heterocycles. The fourth-order valence-electron chi connectivity index (χ4n) is 7.80. The Morgan fingerprint density at radius 3 is 1.57 bits per heavy atom. The van der Waals surface area contributed by atoms with Gasteiger partial charge in [0.25, 0.3) is 0 Å². The second-order valence-corrected chi connectivity index (χ2v) is 17.1. The van der Waals surface area contributed by atoms with Gasteiger partial charge >= 0.3 is 10.4 Å². The van der Waals surface area contributed by atoms with Crippen LogP contribution in [0.2, 0.25) is 0 Å². The number of carbonyl (C=O) groups is 2. The smallest absolute Gasteiger partial charge is 0.394 e. The Hall–Kier alpha value is -2.07. The minimum Gasteiger partial charge on any atom is -0.394 e. The molecular weight excluding hydrogens is 916 g/mol. The molecule has 0 aromatic rings. The maximum atomic E-state index is 12.4. The molecule has 30 nitrogen and oxygen atoms in total. The fraction of sp³-hybridized carbons (Fsp3) is 0.941. The molecule has 16 N–H and O–H groups in total. The van der Waals surface area contributed by atoms with Crippen LogP contribution in [-0.4, -0.2) is 271 Å². The topological polar surface area (TPSA) is 468 Å². The average molecular weight is 975 g/mol. The van der Waals surface area contributed by atoms with Crippen molar-refractivity contribution in [2.24, 2.45) is 0 Å². The highest BCUT2D eigenvalue weighted by Crippen LogP contribution is 2.35. The molecule has 5 fully saturated rings. The average Bonchev–Trinajstić information content (AvgIpc) is 3.24. The van der Waals surface area contributed by atoms with Crippen LogP contribution >= 0.6 is 0 Å². The van der Waals surface area contributed by atoms with Gasteiger partial charge in [0.2, 0.25) is 11.8 Å². The van der Waals surface area contributed by atoms with Crippen molar-refractivity contribution >= 4 is 22.2 Å². The maximum Gasteiger partial charge on any atom is 0.397 e. The van der Waals surface area contributed by atoms with Gasteiger partial charge in [0, 0.05) is 13.8 Å². The van der Waals surface area contributed by atoms with Crippen molar-refractivity contribution in [1.82, 2.24) is 10.6 Å². The molecule has 0 bridgehead atoms. The van der Waals surface area contributed by atoms with E-state index in [1.807, 2.05) is 0 Å². The molecule has 378 valence electrons. The Bertz CT molecular complexity index is 1670. The molecule has 0 radical (unpaired) electrons. The van der Waals surface area contributed by atoms with E-state index >= 15 is 0 Å². The summed E-state index contributed by atoms with van der Waals surface area (Å²) in [5.74, 6) is -1.65. The van der Waals surface area contributed by atoms with Gasteiger partial charge in [-0.2, -0.15) is 8.42 Å². The van der Waals surface area contributed by atoms with Crippen LogP contribution in [0.15, 0.2) is 0 Å². The molecular formula is C34H58N2O28S. The van der Waals surface area contributed by atoms with Gasteiger partial charge in [-0.1, -0.05) is 0 Å². The van der Waals surface area contributed by atoms with Crippen LogP contribution in [-0.2, 0) is 66.8 Å². The lowest BCUT2D eigenvalue weighted by Gasteiger charge is -2.49. The number of aliphatic hydroxyl groups is 13. The van der Waals surface area contributed by atoms with Gasteiger partial charge < -0.3 is 120 Å². The number of aliphatic hydroxyl groups excluding tert-OH is 13.